The molecule has 0 saturated heterocycles. The van der Waals surface area contributed by atoms with E-state index in [1.807, 2.05) is 6.92 Å². The molecule has 0 bridgehead atoms. The van der Waals surface area contributed by atoms with Gasteiger partial charge in [-0.15, -0.1) is 0 Å². The summed E-state index contributed by atoms with van der Waals surface area (Å²) in [5.74, 6) is -0.0896. The van der Waals surface area contributed by atoms with Crippen LogP contribution in [0, 0.1) is 0 Å². The van der Waals surface area contributed by atoms with Crippen molar-refractivity contribution in [3.63, 3.8) is 0 Å². The molecule has 0 aliphatic rings. The molecule has 0 aromatic carbocycles. The van der Waals surface area contributed by atoms with E-state index in [2.05, 4.69) is 39.3 Å². The van der Waals surface area contributed by atoms with Gasteiger partial charge in [0.2, 0.25) is 0 Å². The van der Waals surface area contributed by atoms with Gasteiger partial charge in [-0.05, 0) is 45.7 Å². The van der Waals surface area contributed by atoms with Crippen molar-refractivity contribution in [2.75, 3.05) is 0 Å². The Hall–Kier alpha value is 0.531. The predicted molar refractivity (Wildman–Crippen MR) is 77.5 cm³/mol. The van der Waals surface area contributed by atoms with Gasteiger partial charge in [-0.1, -0.05) is 6.92 Å². The van der Waals surface area contributed by atoms with Gasteiger partial charge in [-0.25, -0.2) is 0 Å². The molecular weight excluding hydrogens is 252 g/mol. The summed E-state index contributed by atoms with van der Waals surface area (Å²) in [7, 11) is -3.89. The van der Waals surface area contributed by atoms with Crippen LogP contribution < -0.4 is 0 Å². The Morgan fingerprint density at radius 1 is 1.00 bits per heavy atom. The number of aliphatic hydroxyl groups excluding tert-OH is 1. The molecule has 98 valence electrons. The first-order valence-electron chi connectivity index (χ1n) is 6.07. The minimum atomic E-state index is -1.58. The van der Waals surface area contributed by atoms with Crippen LogP contribution in [0.15, 0.2) is 0 Å². The normalized spacial score (nSPS) is 16.3. The molecule has 3 nitrogen and oxygen atoms in total. The van der Waals surface area contributed by atoms with E-state index in [4.69, 9.17) is 8.85 Å². The first-order valence-corrected chi connectivity index (χ1v) is 14.5. The largest absolute Gasteiger partial charge is 0.397 e. The molecule has 0 radical (unpaired) electrons. The molecule has 0 rings (SSSR count). The summed E-state index contributed by atoms with van der Waals surface area (Å²) < 4.78 is 12.1. The van der Waals surface area contributed by atoms with Gasteiger partial charge in [-0.2, -0.15) is 0 Å². The molecule has 6 heteroatoms. The van der Waals surface area contributed by atoms with Gasteiger partial charge in [0.05, 0.1) is 0 Å². The molecule has 0 aromatic rings. The van der Waals surface area contributed by atoms with Crippen LogP contribution in [0.1, 0.15) is 13.3 Å². The second kappa shape index (κ2) is 6.46. The summed E-state index contributed by atoms with van der Waals surface area (Å²) in [5, 5.41) is 9.75. The molecule has 0 aromatic heterocycles. The van der Waals surface area contributed by atoms with Gasteiger partial charge in [0.15, 0.2) is 16.6 Å². The highest BCUT2D eigenvalue weighted by atomic mass is 28.4. The number of hydrogen-bond donors (Lipinski definition) is 1. The molecule has 1 N–H and O–H groups in total. The molecule has 0 amide bonds. The summed E-state index contributed by atoms with van der Waals surface area (Å²) >= 11 is 0. The van der Waals surface area contributed by atoms with E-state index in [0.29, 0.717) is 0 Å². The van der Waals surface area contributed by atoms with Crippen molar-refractivity contribution in [2.24, 2.45) is 0 Å². The molecule has 0 saturated carbocycles. The molecular formula is C10H28O3Si3. The Kier molecular flexibility index (Phi) is 6.67. The van der Waals surface area contributed by atoms with Gasteiger partial charge in [0, 0.05) is 5.73 Å². The summed E-state index contributed by atoms with van der Waals surface area (Å²) in [4.78, 5) is 0. The van der Waals surface area contributed by atoms with Gasteiger partial charge in [0.25, 0.3) is 0 Å². The van der Waals surface area contributed by atoms with Crippen LogP contribution >= 0.6 is 0 Å². The zero-order valence-electron chi connectivity index (χ0n) is 11.8. The van der Waals surface area contributed by atoms with Crippen molar-refractivity contribution in [3.05, 3.63) is 0 Å². The van der Waals surface area contributed by atoms with Crippen molar-refractivity contribution < 1.29 is 14.0 Å². The maximum absolute atomic E-state index is 9.75. The fraction of sp³-hybridized carbons (Fsp3) is 1.00. The summed E-state index contributed by atoms with van der Waals surface area (Å²) in [6, 6.07) is 0. The van der Waals surface area contributed by atoms with Gasteiger partial charge in [0.1, 0.15) is 15.4 Å². The third-order valence-corrected chi connectivity index (χ3v) is 6.35. The van der Waals surface area contributed by atoms with Crippen molar-refractivity contribution in [2.45, 2.75) is 64.3 Å². The van der Waals surface area contributed by atoms with Crippen LogP contribution in [0.2, 0.25) is 39.3 Å². The number of aliphatic hydroxyl groups is 1. The van der Waals surface area contributed by atoms with Crippen LogP contribution in [0.3, 0.4) is 0 Å². The van der Waals surface area contributed by atoms with E-state index in [-0.39, 0.29) is 11.6 Å². The highest BCUT2D eigenvalue weighted by Crippen LogP contribution is 2.14. The Balaban J connectivity index is 4.39. The monoisotopic (exact) mass is 280 g/mol. The maximum Gasteiger partial charge on any atom is 0.186 e. The van der Waals surface area contributed by atoms with Gasteiger partial charge >= 0.3 is 0 Å². The average molecular weight is 281 g/mol. The summed E-state index contributed by atoms with van der Waals surface area (Å²) in [6.07, 6.45) is 0.812. The SMILES string of the molecule is CCC(O)[SiH2]C(O[Si](C)(C)C)O[Si](C)(C)C. The van der Waals surface area contributed by atoms with Crippen molar-refractivity contribution in [1.29, 1.82) is 0 Å². The minimum absolute atomic E-state index is 0.0896. The van der Waals surface area contributed by atoms with Crippen LogP contribution in [-0.4, -0.2) is 42.9 Å². The van der Waals surface area contributed by atoms with E-state index in [1.54, 1.807) is 0 Å². The van der Waals surface area contributed by atoms with E-state index >= 15 is 0 Å². The Labute approximate surface area is 105 Å². The third-order valence-electron chi connectivity index (χ3n) is 1.91. The molecule has 1 unspecified atom stereocenters. The Morgan fingerprint density at radius 3 is 1.62 bits per heavy atom. The van der Waals surface area contributed by atoms with Crippen molar-refractivity contribution in [1.82, 2.24) is 0 Å². The highest BCUT2D eigenvalue weighted by molar-refractivity contribution is 6.71. The number of hydrogen-bond acceptors (Lipinski definition) is 3. The lowest BCUT2D eigenvalue weighted by Gasteiger charge is -2.32. The lowest BCUT2D eigenvalue weighted by molar-refractivity contribution is 0.0543. The quantitative estimate of drug-likeness (QED) is 0.571. The molecule has 0 spiro atoms. The zero-order valence-corrected chi connectivity index (χ0v) is 15.2. The lowest BCUT2D eigenvalue weighted by atomic mass is 10.5. The van der Waals surface area contributed by atoms with Crippen molar-refractivity contribution >= 4 is 26.2 Å². The second-order valence-electron chi connectivity index (χ2n) is 6.19. The summed E-state index contributed by atoms with van der Waals surface area (Å²) in [5.41, 5.74) is -0.183. The van der Waals surface area contributed by atoms with Gasteiger partial charge in [-0.3, -0.25) is 0 Å². The fourth-order valence-corrected chi connectivity index (χ4v) is 7.62. The van der Waals surface area contributed by atoms with Crippen LogP contribution in [0.5, 0.6) is 0 Å². The standard InChI is InChI=1S/C10H28O3Si3/c1-8-9(11)14-10(12-15(2,3)4)13-16(5,6)7/h9-11H,8,14H2,1-7H3. The van der Waals surface area contributed by atoms with E-state index < -0.39 is 26.2 Å². The second-order valence-corrected chi connectivity index (χ2v) is 17.2. The van der Waals surface area contributed by atoms with Crippen LogP contribution in [0.25, 0.3) is 0 Å². The van der Waals surface area contributed by atoms with Crippen LogP contribution in [-0.2, 0) is 8.85 Å². The molecule has 0 aliphatic carbocycles. The first kappa shape index (κ1) is 16.5. The number of rotatable bonds is 7. The zero-order chi connectivity index (χ0) is 13.0. The minimum Gasteiger partial charge on any atom is -0.397 e. The molecule has 0 aliphatic heterocycles. The Morgan fingerprint density at radius 2 is 1.38 bits per heavy atom. The smallest absolute Gasteiger partial charge is 0.186 e. The molecule has 16 heavy (non-hydrogen) atoms. The Bertz CT molecular complexity index is 182. The lowest BCUT2D eigenvalue weighted by Crippen LogP contribution is -2.45. The maximum atomic E-state index is 9.75. The van der Waals surface area contributed by atoms with Crippen LogP contribution in [0.4, 0.5) is 0 Å². The third kappa shape index (κ3) is 9.74. The average Bonchev–Trinajstić information content (AvgIpc) is 1.97. The van der Waals surface area contributed by atoms with E-state index in [9.17, 15) is 5.11 Å². The molecule has 0 heterocycles. The van der Waals surface area contributed by atoms with Crippen molar-refractivity contribution in [3.8, 4) is 0 Å². The molecule has 1 atom stereocenters. The fourth-order valence-electron chi connectivity index (χ4n) is 1.30. The topological polar surface area (TPSA) is 38.7 Å². The highest BCUT2D eigenvalue weighted by Gasteiger charge is 2.28. The van der Waals surface area contributed by atoms with E-state index in [0.717, 1.165) is 6.42 Å². The summed E-state index contributed by atoms with van der Waals surface area (Å²) in [6.45, 7) is 15.0. The van der Waals surface area contributed by atoms with Gasteiger partial charge < -0.3 is 14.0 Å². The molecule has 0 fully saturated rings. The van der Waals surface area contributed by atoms with E-state index in [1.165, 1.54) is 0 Å². The first-order chi connectivity index (χ1) is 7.03. The predicted octanol–water partition coefficient (Wildman–Crippen LogP) is 1.87.